The van der Waals surface area contributed by atoms with Crippen LogP contribution in [0.5, 0.6) is 0 Å². The fraction of sp³-hybridized carbons (Fsp3) is 0.789. The predicted octanol–water partition coefficient (Wildman–Crippen LogP) is 1.39. The average molecular weight is 382 g/mol. The zero-order chi connectivity index (χ0) is 20.0. The molecule has 2 amide bonds. The molecule has 2 aliphatic rings. The van der Waals surface area contributed by atoms with Crippen LogP contribution in [-0.2, 0) is 19.2 Å². The molecule has 8 heteroatoms. The summed E-state index contributed by atoms with van der Waals surface area (Å²) in [6.07, 6.45) is 5.46. The van der Waals surface area contributed by atoms with E-state index >= 15 is 0 Å². The second-order valence-corrected chi connectivity index (χ2v) is 7.83. The van der Waals surface area contributed by atoms with Crippen LogP contribution in [0.25, 0.3) is 0 Å². The summed E-state index contributed by atoms with van der Waals surface area (Å²) in [6, 6.07) is -0.357. The van der Waals surface area contributed by atoms with Crippen LogP contribution in [0, 0.1) is 23.7 Å². The van der Waals surface area contributed by atoms with Crippen molar-refractivity contribution in [1.82, 2.24) is 10.6 Å². The zero-order valence-electron chi connectivity index (χ0n) is 15.8. The van der Waals surface area contributed by atoms with Crippen molar-refractivity contribution < 1.29 is 29.4 Å². The van der Waals surface area contributed by atoms with Crippen LogP contribution < -0.4 is 10.6 Å². The topological polar surface area (TPSA) is 133 Å². The Bertz CT molecular complexity index is 579. The predicted molar refractivity (Wildman–Crippen MR) is 96.8 cm³/mol. The Kier molecular flexibility index (Phi) is 7.62. The Morgan fingerprint density at radius 3 is 1.63 bits per heavy atom. The number of nitrogens with one attached hydrogen (secondary N) is 2. The van der Waals surface area contributed by atoms with E-state index in [1.165, 1.54) is 0 Å². The summed E-state index contributed by atoms with van der Waals surface area (Å²) in [5.41, 5.74) is 0. The van der Waals surface area contributed by atoms with E-state index in [4.69, 9.17) is 0 Å². The summed E-state index contributed by atoms with van der Waals surface area (Å²) in [6.45, 7) is 1.93. The number of amides is 2. The molecule has 0 aromatic carbocycles. The van der Waals surface area contributed by atoms with E-state index in [1.807, 2.05) is 0 Å². The van der Waals surface area contributed by atoms with E-state index in [0.29, 0.717) is 25.7 Å². The van der Waals surface area contributed by atoms with Crippen LogP contribution in [0.3, 0.4) is 0 Å². The van der Waals surface area contributed by atoms with Crippen molar-refractivity contribution in [2.45, 2.75) is 64.3 Å². The lowest BCUT2D eigenvalue weighted by molar-refractivity contribution is -0.149. The van der Waals surface area contributed by atoms with Gasteiger partial charge in [0, 0.05) is 12.6 Å². The highest BCUT2D eigenvalue weighted by molar-refractivity contribution is 5.86. The Hall–Kier alpha value is -2.12. The maximum Gasteiger partial charge on any atom is 0.307 e. The van der Waals surface area contributed by atoms with Crippen molar-refractivity contribution in [3.05, 3.63) is 0 Å². The van der Waals surface area contributed by atoms with E-state index < -0.39 is 35.6 Å². The van der Waals surface area contributed by atoms with Crippen molar-refractivity contribution in [1.29, 1.82) is 0 Å². The van der Waals surface area contributed by atoms with Crippen molar-refractivity contribution in [2.24, 2.45) is 23.7 Å². The minimum Gasteiger partial charge on any atom is -0.481 e. The van der Waals surface area contributed by atoms with Crippen LogP contribution >= 0.6 is 0 Å². The van der Waals surface area contributed by atoms with Gasteiger partial charge in [-0.1, -0.05) is 25.7 Å². The molecule has 0 aliphatic heterocycles. The Morgan fingerprint density at radius 1 is 0.778 bits per heavy atom. The summed E-state index contributed by atoms with van der Waals surface area (Å²) >= 11 is 0. The summed E-state index contributed by atoms with van der Waals surface area (Å²) in [5.74, 6) is -4.82. The zero-order valence-corrected chi connectivity index (χ0v) is 15.8. The fourth-order valence-corrected chi connectivity index (χ4v) is 4.27. The number of carbonyl (C=O) groups is 4. The number of hydrogen-bond acceptors (Lipinski definition) is 4. The van der Waals surface area contributed by atoms with Crippen molar-refractivity contribution in [3.63, 3.8) is 0 Å². The van der Waals surface area contributed by atoms with Gasteiger partial charge in [0.25, 0.3) is 0 Å². The van der Waals surface area contributed by atoms with Gasteiger partial charge in [-0.2, -0.15) is 0 Å². The quantitative estimate of drug-likeness (QED) is 0.526. The van der Waals surface area contributed by atoms with E-state index in [0.717, 1.165) is 25.7 Å². The molecular weight excluding hydrogens is 352 g/mol. The van der Waals surface area contributed by atoms with Gasteiger partial charge in [-0.05, 0) is 32.6 Å². The van der Waals surface area contributed by atoms with Crippen LogP contribution in [0.1, 0.15) is 58.3 Å². The van der Waals surface area contributed by atoms with Crippen LogP contribution in [0.15, 0.2) is 0 Å². The molecule has 152 valence electrons. The molecule has 8 nitrogen and oxygen atoms in total. The van der Waals surface area contributed by atoms with Crippen LogP contribution in [-0.4, -0.2) is 46.6 Å². The normalized spacial score (nSPS) is 29.4. The van der Waals surface area contributed by atoms with E-state index in [2.05, 4.69) is 10.6 Å². The molecule has 0 radical (unpaired) electrons. The third kappa shape index (κ3) is 5.68. The maximum atomic E-state index is 12.4. The Morgan fingerprint density at radius 2 is 1.19 bits per heavy atom. The van der Waals surface area contributed by atoms with Crippen molar-refractivity contribution >= 4 is 23.8 Å². The average Bonchev–Trinajstić information content (AvgIpc) is 2.65. The number of rotatable bonds is 7. The van der Waals surface area contributed by atoms with Gasteiger partial charge in [0.2, 0.25) is 11.8 Å². The minimum atomic E-state index is -0.937. The molecule has 0 saturated heterocycles. The first kappa shape index (κ1) is 21.2. The van der Waals surface area contributed by atoms with Gasteiger partial charge in [0.05, 0.1) is 23.7 Å². The molecule has 2 rings (SSSR count). The molecule has 5 atom stereocenters. The molecule has 0 spiro atoms. The smallest absolute Gasteiger partial charge is 0.307 e. The first-order valence-electron chi connectivity index (χ1n) is 9.85. The van der Waals surface area contributed by atoms with Crippen molar-refractivity contribution in [3.8, 4) is 0 Å². The molecule has 2 aliphatic carbocycles. The number of aliphatic carboxylic acids is 2. The molecule has 0 aromatic rings. The Labute approximate surface area is 159 Å². The summed E-state index contributed by atoms with van der Waals surface area (Å²) < 4.78 is 0. The lowest BCUT2D eigenvalue weighted by atomic mass is 9.78. The third-order valence-electron chi connectivity index (χ3n) is 5.81. The monoisotopic (exact) mass is 382 g/mol. The molecule has 2 saturated carbocycles. The summed E-state index contributed by atoms with van der Waals surface area (Å²) in [4.78, 5) is 47.5. The molecule has 0 heterocycles. The van der Waals surface area contributed by atoms with Gasteiger partial charge in [-0.25, -0.2) is 0 Å². The summed E-state index contributed by atoms with van der Waals surface area (Å²) in [7, 11) is 0. The fourth-order valence-electron chi connectivity index (χ4n) is 4.27. The van der Waals surface area contributed by atoms with E-state index in [-0.39, 0.29) is 24.4 Å². The van der Waals surface area contributed by atoms with E-state index in [1.54, 1.807) is 6.92 Å². The largest absolute Gasteiger partial charge is 0.481 e. The first-order chi connectivity index (χ1) is 12.8. The van der Waals surface area contributed by atoms with E-state index in [9.17, 15) is 29.4 Å². The SMILES string of the molecule is C[C@@H](CNC(=O)[C@@H]1CCCC[C@@H]1C(=O)O)NC(=O)[C@@H]1CCCC[C@@H]1C(=O)O. The van der Waals surface area contributed by atoms with Crippen LogP contribution in [0.4, 0.5) is 0 Å². The number of carboxylic acid groups (broad SMARTS) is 2. The standard InChI is InChI=1S/C19H30N2O6/c1-11(21-17(23)13-7-3-5-9-15(13)19(26)27)10-20-16(22)12-6-2-4-8-14(12)18(24)25/h11-15H,2-10H2,1H3,(H,20,22)(H,21,23)(H,24,25)(H,26,27)/t11-,12+,13+,14-,15-/m0/s1. The molecule has 27 heavy (non-hydrogen) atoms. The molecule has 0 aromatic heterocycles. The van der Waals surface area contributed by atoms with Crippen molar-refractivity contribution in [2.75, 3.05) is 6.54 Å². The molecular formula is C19H30N2O6. The third-order valence-corrected chi connectivity index (χ3v) is 5.81. The lowest BCUT2D eigenvalue weighted by Crippen LogP contribution is -2.48. The first-order valence-corrected chi connectivity index (χ1v) is 9.85. The highest BCUT2D eigenvalue weighted by atomic mass is 16.4. The molecule has 0 unspecified atom stereocenters. The summed E-state index contributed by atoms with van der Waals surface area (Å²) in [5, 5.41) is 24.1. The van der Waals surface area contributed by atoms with Gasteiger partial charge < -0.3 is 20.8 Å². The second kappa shape index (κ2) is 9.71. The minimum absolute atomic E-state index is 0.192. The molecule has 2 fully saturated rings. The lowest BCUT2D eigenvalue weighted by Gasteiger charge is -2.30. The number of carbonyl (C=O) groups excluding carboxylic acids is 2. The number of hydrogen-bond donors (Lipinski definition) is 4. The van der Waals surface area contributed by atoms with Gasteiger partial charge in [0.15, 0.2) is 0 Å². The van der Waals surface area contributed by atoms with Gasteiger partial charge in [-0.15, -0.1) is 0 Å². The van der Waals surface area contributed by atoms with Gasteiger partial charge in [0.1, 0.15) is 0 Å². The van der Waals surface area contributed by atoms with Gasteiger partial charge >= 0.3 is 11.9 Å². The number of carboxylic acids is 2. The molecule has 0 bridgehead atoms. The van der Waals surface area contributed by atoms with Crippen LogP contribution in [0.2, 0.25) is 0 Å². The maximum absolute atomic E-state index is 12.4. The molecule has 4 N–H and O–H groups in total. The Balaban J connectivity index is 1.83. The second-order valence-electron chi connectivity index (χ2n) is 7.83. The van der Waals surface area contributed by atoms with Gasteiger partial charge in [-0.3, -0.25) is 19.2 Å². The highest BCUT2D eigenvalue weighted by Gasteiger charge is 2.37. The highest BCUT2D eigenvalue weighted by Crippen LogP contribution is 2.31.